The van der Waals surface area contributed by atoms with Crippen molar-refractivity contribution in [2.45, 2.75) is 71.8 Å². The third-order valence-electron chi connectivity index (χ3n) is 5.89. The van der Waals surface area contributed by atoms with Gasteiger partial charge in [-0.15, -0.1) is 0 Å². The van der Waals surface area contributed by atoms with Crippen LogP contribution in [0.4, 0.5) is 0 Å². The highest BCUT2D eigenvalue weighted by molar-refractivity contribution is 5.80. The van der Waals surface area contributed by atoms with Gasteiger partial charge in [0.25, 0.3) is 0 Å². The van der Waals surface area contributed by atoms with Crippen molar-refractivity contribution in [3.63, 3.8) is 0 Å². The molecule has 2 aliphatic rings. The zero-order valence-electron chi connectivity index (χ0n) is 17.7. The van der Waals surface area contributed by atoms with Crippen LogP contribution in [0, 0.1) is 13.8 Å². The first kappa shape index (κ1) is 19.2. The second-order valence-corrected chi connectivity index (χ2v) is 8.28. The molecule has 0 N–H and O–H groups in total. The van der Waals surface area contributed by atoms with E-state index in [1.165, 1.54) is 22.3 Å². The predicted octanol–water partition coefficient (Wildman–Crippen LogP) is 6.71. The van der Waals surface area contributed by atoms with E-state index in [1.54, 1.807) is 0 Å². The molecule has 0 unspecified atom stereocenters. The topological polar surface area (TPSA) is 27.7 Å². The number of hydrogen-bond acceptors (Lipinski definition) is 3. The van der Waals surface area contributed by atoms with Gasteiger partial charge in [-0.2, -0.15) is 0 Å². The predicted molar refractivity (Wildman–Crippen MR) is 114 cm³/mol. The molecule has 0 amide bonds. The third-order valence-corrected chi connectivity index (χ3v) is 5.89. The first-order valence-corrected chi connectivity index (χ1v) is 10.8. The van der Waals surface area contributed by atoms with E-state index in [-0.39, 0.29) is 5.60 Å². The molecule has 1 fully saturated rings. The fourth-order valence-electron chi connectivity index (χ4n) is 3.97. The van der Waals surface area contributed by atoms with Crippen LogP contribution in [0.1, 0.15) is 69.1 Å². The van der Waals surface area contributed by atoms with Crippen molar-refractivity contribution in [3.05, 3.63) is 41.0 Å². The monoisotopic (exact) mass is 380 g/mol. The summed E-state index contributed by atoms with van der Waals surface area (Å²) in [4.78, 5) is 0. The zero-order valence-corrected chi connectivity index (χ0v) is 17.7. The van der Waals surface area contributed by atoms with Gasteiger partial charge in [0.15, 0.2) is 0 Å². The number of rotatable bonds is 8. The molecule has 4 rings (SSSR count). The largest absolute Gasteiger partial charge is 0.493 e. The Morgan fingerprint density at radius 1 is 0.821 bits per heavy atom. The van der Waals surface area contributed by atoms with Crippen LogP contribution in [-0.4, -0.2) is 13.2 Å². The second kappa shape index (κ2) is 7.69. The average Bonchev–Trinajstić information content (AvgIpc) is 3.44. The molecule has 1 aliphatic heterocycles. The molecule has 1 heterocycles. The van der Waals surface area contributed by atoms with E-state index < -0.39 is 0 Å². The van der Waals surface area contributed by atoms with E-state index in [0.717, 1.165) is 74.6 Å². The van der Waals surface area contributed by atoms with Gasteiger partial charge in [-0.3, -0.25) is 0 Å². The Morgan fingerprint density at radius 2 is 1.39 bits per heavy atom. The normalized spacial score (nSPS) is 15.6. The minimum absolute atomic E-state index is 0.172. The van der Waals surface area contributed by atoms with E-state index in [2.05, 4.69) is 52.0 Å². The van der Waals surface area contributed by atoms with Crippen LogP contribution in [0.5, 0.6) is 17.2 Å². The van der Waals surface area contributed by atoms with Gasteiger partial charge < -0.3 is 14.2 Å². The quantitative estimate of drug-likeness (QED) is 0.476. The molecular weight excluding hydrogens is 348 g/mol. The summed E-state index contributed by atoms with van der Waals surface area (Å²) in [5.74, 6) is 2.91. The molecule has 150 valence electrons. The first-order chi connectivity index (χ1) is 13.6. The summed E-state index contributed by atoms with van der Waals surface area (Å²) in [6, 6.07) is 8.85. The zero-order chi connectivity index (χ0) is 19.7. The molecule has 0 radical (unpaired) electrons. The average molecular weight is 381 g/mol. The number of hydrogen-bond donors (Lipinski definition) is 0. The molecule has 2 aromatic carbocycles. The van der Waals surface area contributed by atoms with Crippen LogP contribution >= 0.6 is 0 Å². The van der Waals surface area contributed by atoms with Crippen LogP contribution < -0.4 is 14.2 Å². The van der Waals surface area contributed by atoms with E-state index in [9.17, 15) is 0 Å². The van der Waals surface area contributed by atoms with Crippen molar-refractivity contribution in [1.82, 2.24) is 0 Å². The van der Waals surface area contributed by atoms with E-state index in [4.69, 9.17) is 14.2 Å². The highest BCUT2D eigenvalue weighted by atomic mass is 16.5. The molecule has 28 heavy (non-hydrogen) atoms. The van der Waals surface area contributed by atoms with Gasteiger partial charge >= 0.3 is 0 Å². The first-order valence-electron chi connectivity index (χ1n) is 10.8. The minimum Gasteiger partial charge on any atom is -0.493 e. The molecule has 1 saturated carbocycles. The van der Waals surface area contributed by atoms with Gasteiger partial charge in [-0.05, 0) is 74.4 Å². The summed E-state index contributed by atoms with van der Waals surface area (Å²) in [6.07, 6.45) is 6.57. The van der Waals surface area contributed by atoms with Crippen molar-refractivity contribution in [2.75, 3.05) is 13.2 Å². The Labute approximate surface area is 169 Å². The maximum Gasteiger partial charge on any atom is 0.135 e. The van der Waals surface area contributed by atoms with Crippen molar-refractivity contribution >= 4 is 0 Å². The van der Waals surface area contributed by atoms with Crippen LogP contribution in [-0.2, 0) is 5.60 Å². The van der Waals surface area contributed by atoms with Gasteiger partial charge in [0, 0.05) is 17.2 Å². The molecule has 3 heteroatoms. The lowest BCUT2D eigenvalue weighted by Gasteiger charge is -2.31. The fourth-order valence-corrected chi connectivity index (χ4v) is 3.97. The smallest absolute Gasteiger partial charge is 0.135 e. The van der Waals surface area contributed by atoms with Gasteiger partial charge in [0.2, 0.25) is 0 Å². The summed E-state index contributed by atoms with van der Waals surface area (Å²) >= 11 is 0. The highest BCUT2D eigenvalue weighted by Crippen LogP contribution is 2.58. The molecule has 0 atom stereocenters. The van der Waals surface area contributed by atoms with Crippen LogP contribution in [0.3, 0.4) is 0 Å². The number of ether oxygens (including phenoxy) is 3. The minimum atomic E-state index is -0.172. The molecule has 1 aliphatic carbocycles. The maximum atomic E-state index is 6.54. The van der Waals surface area contributed by atoms with E-state index in [0.29, 0.717) is 0 Å². The lowest BCUT2D eigenvalue weighted by Crippen LogP contribution is -2.22. The van der Waals surface area contributed by atoms with Crippen LogP contribution in [0.2, 0.25) is 0 Å². The second-order valence-electron chi connectivity index (χ2n) is 8.28. The number of aryl methyl sites for hydroxylation is 2. The SMILES string of the molecule is CCCCOc1cc2c(cc1C)-c1cc(C)c(OCCCC)cc1C1(CC1)O2. The summed E-state index contributed by atoms with van der Waals surface area (Å²) in [5, 5.41) is 0. The lowest BCUT2D eigenvalue weighted by atomic mass is 9.88. The van der Waals surface area contributed by atoms with Crippen LogP contribution in [0.15, 0.2) is 24.3 Å². The molecule has 3 nitrogen and oxygen atoms in total. The van der Waals surface area contributed by atoms with E-state index in [1.807, 2.05) is 0 Å². The summed E-state index contributed by atoms with van der Waals surface area (Å²) < 4.78 is 18.6. The number of benzene rings is 2. The fraction of sp³-hybridized carbons (Fsp3) is 0.520. The Hall–Kier alpha value is -2.16. The van der Waals surface area contributed by atoms with Gasteiger partial charge in [0.05, 0.1) is 13.2 Å². The third kappa shape index (κ3) is 3.47. The Bertz CT molecular complexity index is 865. The van der Waals surface area contributed by atoms with Crippen LogP contribution in [0.25, 0.3) is 11.1 Å². The van der Waals surface area contributed by atoms with Gasteiger partial charge in [-0.25, -0.2) is 0 Å². The summed E-state index contributed by atoms with van der Waals surface area (Å²) in [7, 11) is 0. The number of unbranched alkanes of at least 4 members (excludes halogenated alkanes) is 2. The Kier molecular flexibility index (Phi) is 5.27. The molecule has 0 saturated heterocycles. The van der Waals surface area contributed by atoms with Gasteiger partial charge in [0.1, 0.15) is 22.8 Å². The van der Waals surface area contributed by atoms with Crippen molar-refractivity contribution in [3.8, 4) is 28.4 Å². The lowest BCUT2D eigenvalue weighted by molar-refractivity contribution is 0.175. The molecule has 0 bridgehead atoms. The summed E-state index contributed by atoms with van der Waals surface area (Å²) in [6.45, 7) is 10.2. The molecular formula is C25H32O3. The number of fused-ring (bicyclic) bond motifs is 4. The Morgan fingerprint density at radius 3 is 1.96 bits per heavy atom. The van der Waals surface area contributed by atoms with Crippen molar-refractivity contribution in [1.29, 1.82) is 0 Å². The molecule has 2 aromatic rings. The Balaban J connectivity index is 1.71. The van der Waals surface area contributed by atoms with Crippen molar-refractivity contribution in [2.24, 2.45) is 0 Å². The summed E-state index contributed by atoms with van der Waals surface area (Å²) in [5.41, 5.74) is 5.94. The maximum absolute atomic E-state index is 6.54. The standard InChI is InChI=1S/C25H32O3/c1-5-7-11-26-22-15-21-19(13-17(22)3)20-14-18(4)23(27-12-8-6-2)16-24(20)28-25(21)9-10-25/h13-16H,5-12H2,1-4H3. The molecule has 0 aromatic heterocycles. The highest BCUT2D eigenvalue weighted by Gasteiger charge is 2.51. The van der Waals surface area contributed by atoms with Gasteiger partial charge in [-0.1, -0.05) is 26.7 Å². The van der Waals surface area contributed by atoms with E-state index >= 15 is 0 Å². The molecule has 1 spiro atoms. The van der Waals surface area contributed by atoms with Crippen molar-refractivity contribution < 1.29 is 14.2 Å².